The molecule has 0 aromatic heterocycles. The van der Waals surface area contributed by atoms with Crippen LogP contribution in [0, 0.1) is 31.0 Å². The predicted octanol–water partition coefficient (Wildman–Crippen LogP) is 3.07. The minimum atomic E-state index is -0.375. The maximum Gasteiger partial charge on any atom is 0.130 e. The molecule has 0 heterocycles. The maximum absolute atomic E-state index is 13.5. The van der Waals surface area contributed by atoms with Gasteiger partial charge in [-0.05, 0) is 31.9 Å². The molecule has 0 bridgehead atoms. The van der Waals surface area contributed by atoms with Crippen LogP contribution in [0.25, 0.3) is 0 Å². The molecule has 0 saturated carbocycles. The van der Waals surface area contributed by atoms with Crippen LogP contribution >= 0.6 is 0 Å². The summed E-state index contributed by atoms with van der Waals surface area (Å²) in [6.07, 6.45) is 0. The van der Waals surface area contributed by atoms with Gasteiger partial charge in [-0.2, -0.15) is 5.26 Å². The van der Waals surface area contributed by atoms with Crippen LogP contribution in [0.15, 0.2) is 12.1 Å². The van der Waals surface area contributed by atoms with Crippen molar-refractivity contribution in [2.45, 2.75) is 26.7 Å². The van der Waals surface area contributed by atoms with Crippen LogP contribution in [0.2, 0.25) is 0 Å². The zero-order valence-corrected chi connectivity index (χ0v) is 8.06. The maximum atomic E-state index is 13.5. The molecular weight excluding hydrogens is 165 g/mol. The standard InChI is InChI=1S/C11H12FN/c1-7-4-5-8(2)11(12)10(7)9(3)6-13/h4-5,9H,1-3H3. The molecule has 1 unspecified atom stereocenters. The summed E-state index contributed by atoms with van der Waals surface area (Å²) in [4.78, 5) is 0. The van der Waals surface area contributed by atoms with E-state index in [1.807, 2.05) is 13.0 Å². The quantitative estimate of drug-likeness (QED) is 0.646. The van der Waals surface area contributed by atoms with E-state index < -0.39 is 0 Å². The Morgan fingerprint density at radius 2 is 1.85 bits per heavy atom. The third-order valence-electron chi connectivity index (χ3n) is 2.22. The average Bonchev–Trinajstić information content (AvgIpc) is 2.12. The van der Waals surface area contributed by atoms with Crippen molar-refractivity contribution < 1.29 is 4.39 Å². The number of aryl methyl sites for hydroxylation is 2. The lowest BCUT2D eigenvalue weighted by Gasteiger charge is -2.10. The van der Waals surface area contributed by atoms with E-state index in [0.29, 0.717) is 11.1 Å². The third-order valence-corrected chi connectivity index (χ3v) is 2.22. The van der Waals surface area contributed by atoms with Gasteiger partial charge < -0.3 is 0 Å². The molecule has 0 radical (unpaired) electrons. The zero-order valence-electron chi connectivity index (χ0n) is 8.06. The van der Waals surface area contributed by atoms with Gasteiger partial charge in [0.2, 0.25) is 0 Å². The second-order valence-corrected chi connectivity index (χ2v) is 3.28. The lowest BCUT2D eigenvalue weighted by molar-refractivity contribution is 0.595. The molecule has 0 aliphatic heterocycles. The Kier molecular flexibility index (Phi) is 2.67. The van der Waals surface area contributed by atoms with Crippen molar-refractivity contribution in [2.24, 2.45) is 0 Å². The topological polar surface area (TPSA) is 23.8 Å². The number of nitriles is 1. The summed E-state index contributed by atoms with van der Waals surface area (Å²) in [7, 11) is 0. The number of nitrogens with zero attached hydrogens (tertiary/aromatic N) is 1. The van der Waals surface area contributed by atoms with Crippen LogP contribution in [0.3, 0.4) is 0 Å². The van der Waals surface area contributed by atoms with Gasteiger partial charge in [0.25, 0.3) is 0 Å². The summed E-state index contributed by atoms with van der Waals surface area (Å²) < 4.78 is 13.5. The Morgan fingerprint density at radius 1 is 1.31 bits per heavy atom. The Hall–Kier alpha value is -1.36. The Morgan fingerprint density at radius 3 is 2.38 bits per heavy atom. The molecule has 0 aliphatic carbocycles. The van der Waals surface area contributed by atoms with Gasteiger partial charge >= 0.3 is 0 Å². The fraction of sp³-hybridized carbons (Fsp3) is 0.364. The van der Waals surface area contributed by atoms with Gasteiger partial charge in [-0.3, -0.25) is 0 Å². The molecule has 1 nitrogen and oxygen atoms in total. The van der Waals surface area contributed by atoms with Crippen LogP contribution < -0.4 is 0 Å². The minimum absolute atomic E-state index is 0.242. The van der Waals surface area contributed by atoms with Gasteiger partial charge in [0, 0.05) is 5.56 Å². The molecule has 0 spiro atoms. The highest BCUT2D eigenvalue weighted by Gasteiger charge is 2.14. The molecule has 1 aromatic rings. The smallest absolute Gasteiger partial charge is 0.130 e. The molecule has 0 aliphatic rings. The largest absolute Gasteiger partial charge is 0.206 e. The number of halogens is 1. The summed E-state index contributed by atoms with van der Waals surface area (Å²) in [6, 6.07) is 5.63. The monoisotopic (exact) mass is 177 g/mol. The van der Waals surface area contributed by atoms with E-state index in [2.05, 4.69) is 6.07 Å². The lowest BCUT2D eigenvalue weighted by atomic mass is 9.95. The van der Waals surface area contributed by atoms with Crippen LogP contribution in [0.5, 0.6) is 0 Å². The summed E-state index contributed by atoms with van der Waals surface area (Å²) in [6.45, 7) is 5.25. The second-order valence-electron chi connectivity index (χ2n) is 3.28. The van der Waals surface area contributed by atoms with Crippen LogP contribution in [-0.2, 0) is 0 Å². The molecule has 0 N–H and O–H groups in total. The summed E-state index contributed by atoms with van der Waals surface area (Å²) >= 11 is 0. The molecule has 13 heavy (non-hydrogen) atoms. The number of hydrogen-bond donors (Lipinski definition) is 0. The number of benzene rings is 1. The molecule has 1 aromatic carbocycles. The lowest BCUT2D eigenvalue weighted by Crippen LogP contribution is -2.00. The SMILES string of the molecule is Cc1ccc(C)c(C(C)C#N)c1F. The van der Waals surface area contributed by atoms with E-state index in [-0.39, 0.29) is 11.7 Å². The Bertz CT molecular complexity index is 363. The van der Waals surface area contributed by atoms with E-state index in [1.165, 1.54) is 0 Å². The molecule has 0 amide bonds. The van der Waals surface area contributed by atoms with Crippen LogP contribution in [0.1, 0.15) is 29.5 Å². The highest BCUT2D eigenvalue weighted by Crippen LogP contribution is 2.24. The fourth-order valence-corrected chi connectivity index (χ4v) is 1.39. The van der Waals surface area contributed by atoms with E-state index in [1.54, 1.807) is 19.9 Å². The average molecular weight is 177 g/mol. The first-order valence-corrected chi connectivity index (χ1v) is 4.23. The van der Waals surface area contributed by atoms with Crippen molar-refractivity contribution >= 4 is 0 Å². The first-order valence-electron chi connectivity index (χ1n) is 4.23. The zero-order chi connectivity index (χ0) is 10.0. The van der Waals surface area contributed by atoms with Gasteiger partial charge in [-0.1, -0.05) is 12.1 Å². The normalized spacial score (nSPS) is 12.2. The molecule has 1 atom stereocenters. The minimum Gasteiger partial charge on any atom is -0.206 e. The summed E-state index contributed by atoms with van der Waals surface area (Å²) in [5.74, 6) is -0.617. The van der Waals surface area contributed by atoms with Crippen molar-refractivity contribution in [2.75, 3.05) is 0 Å². The number of hydrogen-bond acceptors (Lipinski definition) is 1. The van der Waals surface area contributed by atoms with Gasteiger partial charge in [0.1, 0.15) is 5.82 Å². The first-order chi connectivity index (χ1) is 6.07. The third kappa shape index (κ3) is 1.70. The summed E-state index contributed by atoms with van der Waals surface area (Å²) in [5.41, 5.74) is 1.97. The van der Waals surface area contributed by atoms with Gasteiger partial charge in [0.15, 0.2) is 0 Å². The molecule has 2 heteroatoms. The van der Waals surface area contributed by atoms with Gasteiger partial charge in [0.05, 0.1) is 12.0 Å². The van der Waals surface area contributed by atoms with E-state index in [0.717, 1.165) is 5.56 Å². The van der Waals surface area contributed by atoms with Crippen molar-refractivity contribution in [1.29, 1.82) is 5.26 Å². The Balaban J connectivity index is 3.35. The van der Waals surface area contributed by atoms with E-state index >= 15 is 0 Å². The van der Waals surface area contributed by atoms with Crippen molar-refractivity contribution in [3.8, 4) is 6.07 Å². The van der Waals surface area contributed by atoms with Crippen LogP contribution in [0.4, 0.5) is 4.39 Å². The second kappa shape index (κ2) is 3.57. The van der Waals surface area contributed by atoms with Crippen molar-refractivity contribution in [3.63, 3.8) is 0 Å². The van der Waals surface area contributed by atoms with Gasteiger partial charge in [-0.25, -0.2) is 4.39 Å². The summed E-state index contributed by atoms with van der Waals surface area (Å²) in [5, 5.41) is 8.71. The van der Waals surface area contributed by atoms with Crippen molar-refractivity contribution in [3.05, 3.63) is 34.6 Å². The molecular formula is C11H12FN. The van der Waals surface area contributed by atoms with Crippen molar-refractivity contribution in [1.82, 2.24) is 0 Å². The molecule has 0 saturated heterocycles. The number of rotatable bonds is 1. The fourth-order valence-electron chi connectivity index (χ4n) is 1.39. The molecule has 68 valence electrons. The van der Waals surface area contributed by atoms with E-state index in [4.69, 9.17) is 5.26 Å². The highest BCUT2D eigenvalue weighted by molar-refractivity contribution is 5.37. The highest BCUT2D eigenvalue weighted by atomic mass is 19.1. The first kappa shape index (κ1) is 9.73. The Labute approximate surface area is 77.8 Å². The molecule has 1 rings (SSSR count). The predicted molar refractivity (Wildman–Crippen MR) is 49.9 cm³/mol. The molecule has 0 fully saturated rings. The van der Waals surface area contributed by atoms with E-state index in [9.17, 15) is 4.39 Å². The van der Waals surface area contributed by atoms with Gasteiger partial charge in [-0.15, -0.1) is 0 Å². The van der Waals surface area contributed by atoms with Crippen LogP contribution in [-0.4, -0.2) is 0 Å².